The SMILES string of the molecule is CC(C)N1CCN(C(=O)CNc2ccc3c(N4CCC(=O)NC4=O)nn(C)c3c2)CC1. The van der Waals surface area contributed by atoms with Gasteiger partial charge in [-0.2, -0.15) is 5.10 Å². The Hall–Kier alpha value is -3.14. The van der Waals surface area contributed by atoms with Gasteiger partial charge in [0, 0.05) is 63.3 Å². The number of urea groups is 1. The first-order valence-electron chi connectivity index (χ1n) is 10.7. The number of nitrogens with one attached hydrogen (secondary N) is 2. The largest absolute Gasteiger partial charge is 0.376 e. The summed E-state index contributed by atoms with van der Waals surface area (Å²) in [4.78, 5) is 42.0. The fourth-order valence-corrected chi connectivity index (χ4v) is 4.09. The molecule has 1 aromatic heterocycles. The van der Waals surface area contributed by atoms with Crippen molar-refractivity contribution in [1.82, 2.24) is 24.9 Å². The number of nitrogens with zero attached hydrogens (tertiary/aromatic N) is 5. The molecule has 0 unspecified atom stereocenters. The first-order chi connectivity index (χ1) is 14.8. The maximum absolute atomic E-state index is 12.6. The van der Waals surface area contributed by atoms with Crippen molar-refractivity contribution in [3.63, 3.8) is 0 Å². The van der Waals surface area contributed by atoms with Crippen molar-refractivity contribution in [3.8, 4) is 0 Å². The van der Waals surface area contributed by atoms with Gasteiger partial charge >= 0.3 is 6.03 Å². The van der Waals surface area contributed by atoms with E-state index in [1.165, 1.54) is 4.90 Å². The minimum absolute atomic E-state index is 0.0869. The number of aromatic nitrogens is 2. The molecular formula is C21H29N7O3. The van der Waals surface area contributed by atoms with Crippen LogP contribution in [0.2, 0.25) is 0 Å². The highest BCUT2D eigenvalue weighted by Crippen LogP contribution is 2.29. The van der Waals surface area contributed by atoms with Crippen LogP contribution in [-0.2, 0) is 16.6 Å². The third-order valence-corrected chi connectivity index (χ3v) is 5.98. The summed E-state index contributed by atoms with van der Waals surface area (Å²) in [6.45, 7) is 8.20. The van der Waals surface area contributed by atoms with Crippen LogP contribution < -0.4 is 15.5 Å². The summed E-state index contributed by atoms with van der Waals surface area (Å²) in [6, 6.07) is 5.73. The van der Waals surface area contributed by atoms with Gasteiger partial charge in [-0.25, -0.2) is 4.79 Å². The molecule has 10 nitrogen and oxygen atoms in total. The average molecular weight is 428 g/mol. The Morgan fingerprint density at radius 1 is 1.16 bits per heavy atom. The lowest BCUT2D eigenvalue weighted by molar-refractivity contribution is -0.131. The highest BCUT2D eigenvalue weighted by atomic mass is 16.2. The van der Waals surface area contributed by atoms with Gasteiger partial charge in [0.1, 0.15) is 0 Å². The molecule has 0 saturated carbocycles. The van der Waals surface area contributed by atoms with E-state index in [1.807, 2.05) is 30.1 Å². The number of hydrogen-bond donors (Lipinski definition) is 2. The summed E-state index contributed by atoms with van der Waals surface area (Å²) in [6.07, 6.45) is 0.247. The molecule has 4 rings (SSSR count). The molecule has 2 aromatic rings. The number of piperazine rings is 1. The minimum Gasteiger partial charge on any atom is -0.376 e. The van der Waals surface area contributed by atoms with Gasteiger partial charge in [-0.15, -0.1) is 0 Å². The quantitative estimate of drug-likeness (QED) is 0.738. The summed E-state index contributed by atoms with van der Waals surface area (Å²) in [5, 5.41) is 10.8. The van der Waals surface area contributed by atoms with E-state index in [0.29, 0.717) is 18.4 Å². The normalized spacial score (nSPS) is 18.1. The second kappa shape index (κ2) is 8.54. The van der Waals surface area contributed by atoms with E-state index in [4.69, 9.17) is 0 Å². The number of rotatable bonds is 5. The number of carbonyl (C=O) groups is 3. The lowest BCUT2D eigenvalue weighted by Gasteiger charge is -2.37. The number of hydrogen-bond acceptors (Lipinski definition) is 6. The highest BCUT2D eigenvalue weighted by Gasteiger charge is 2.28. The predicted octanol–water partition coefficient (Wildman–Crippen LogP) is 0.984. The molecule has 0 bridgehead atoms. The molecule has 2 aliphatic rings. The van der Waals surface area contributed by atoms with Crippen molar-refractivity contribution in [3.05, 3.63) is 18.2 Å². The molecular weight excluding hydrogens is 398 g/mol. The molecule has 0 aliphatic carbocycles. The number of amides is 4. The zero-order valence-electron chi connectivity index (χ0n) is 18.2. The van der Waals surface area contributed by atoms with Crippen molar-refractivity contribution in [2.24, 2.45) is 7.05 Å². The number of anilines is 2. The number of aryl methyl sites for hydroxylation is 1. The van der Waals surface area contributed by atoms with Crippen LogP contribution in [0.15, 0.2) is 18.2 Å². The maximum atomic E-state index is 12.6. The fourth-order valence-electron chi connectivity index (χ4n) is 4.09. The van der Waals surface area contributed by atoms with Gasteiger partial charge in [-0.3, -0.25) is 29.4 Å². The standard InChI is InChI=1S/C21H29N7O3/c1-14(2)26-8-10-27(11-9-26)19(30)13-22-15-4-5-16-17(12-15)25(3)24-20(16)28-7-6-18(29)23-21(28)31/h4-5,12,14,22H,6-11,13H2,1-3H3,(H,23,29,31). The van der Waals surface area contributed by atoms with Crippen LogP contribution in [0.5, 0.6) is 0 Å². The van der Waals surface area contributed by atoms with Gasteiger partial charge in [-0.05, 0) is 32.0 Å². The van der Waals surface area contributed by atoms with Crippen molar-refractivity contribution < 1.29 is 14.4 Å². The molecule has 0 atom stereocenters. The van der Waals surface area contributed by atoms with Gasteiger partial charge in [0.2, 0.25) is 11.8 Å². The lowest BCUT2D eigenvalue weighted by Crippen LogP contribution is -2.51. The topological polar surface area (TPSA) is 103 Å². The third-order valence-electron chi connectivity index (χ3n) is 5.98. The van der Waals surface area contributed by atoms with Gasteiger partial charge in [0.15, 0.2) is 5.82 Å². The van der Waals surface area contributed by atoms with E-state index in [9.17, 15) is 14.4 Å². The van der Waals surface area contributed by atoms with E-state index in [0.717, 1.165) is 42.8 Å². The number of imide groups is 1. The van der Waals surface area contributed by atoms with Crippen LogP contribution in [-0.4, -0.2) is 82.7 Å². The summed E-state index contributed by atoms with van der Waals surface area (Å²) >= 11 is 0. The number of carbonyl (C=O) groups excluding carboxylic acids is 3. The van der Waals surface area contributed by atoms with E-state index < -0.39 is 6.03 Å². The molecule has 1 aromatic carbocycles. The van der Waals surface area contributed by atoms with E-state index >= 15 is 0 Å². The Kier molecular flexibility index (Phi) is 5.81. The van der Waals surface area contributed by atoms with Crippen LogP contribution in [0.3, 0.4) is 0 Å². The first-order valence-corrected chi connectivity index (χ1v) is 10.7. The van der Waals surface area contributed by atoms with Crippen molar-refractivity contribution in [2.75, 3.05) is 49.5 Å². The van der Waals surface area contributed by atoms with Crippen LogP contribution >= 0.6 is 0 Å². The van der Waals surface area contributed by atoms with E-state index in [1.54, 1.807) is 4.68 Å². The molecule has 31 heavy (non-hydrogen) atoms. The van der Waals surface area contributed by atoms with Crippen LogP contribution in [0.1, 0.15) is 20.3 Å². The van der Waals surface area contributed by atoms with Gasteiger partial charge in [0.05, 0.1) is 12.1 Å². The molecule has 2 aliphatic heterocycles. The Bertz CT molecular complexity index is 1010. The van der Waals surface area contributed by atoms with Crippen LogP contribution in [0.25, 0.3) is 10.9 Å². The lowest BCUT2D eigenvalue weighted by atomic mass is 10.2. The molecule has 0 radical (unpaired) electrons. The average Bonchev–Trinajstić information content (AvgIpc) is 3.08. The zero-order chi connectivity index (χ0) is 22.1. The predicted molar refractivity (Wildman–Crippen MR) is 118 cm³/mol. The fraction of sp³-hybridized carbons (Fsp3) is 0.524. The van der Waals surface area contributed by atoms with Crippen molar-refractivity contribution >= 4 is 40.3 Å². The highest BCUT2D eigenvalue weighted by molar-refractivity contribution is 6.09. The summed E-state index contributed by atoms with van der Waals surface area (Å²) < 4.78 is 1.70. The zero-order valence-corrected chi connectivity index (χ0v) is 18.2. The van der Waals surface area contributed by atoms with Crippen LogP contribution in [0.4, 0.5) is 16.3 Å². The monoisotopic (exact) mass is 427 g/mol. The van der Waals surface area contributed by atoms with Crippen LogP contribution in [0, 0.1) is 0 Å². The van der Waals surface area contributed by atoms with E-state index in [2.05, 4.69) is 34.5 Å². The Balaban J connectivity index is 1.42. The van der Waals surface area contributed by atoms with Gasteiger partial charge in [-0.1, -0.05) is 0 Å². The Morgan fingerprint density at radius 3 is 2.58 bits per heavy atom. The molecule has 2 N–H and O–H groups in total. The molecule has 2 fully saturated rings. The number of fused-ring (bicyclic) bond motifs is 1. The first kappa shape index (κ1) is 21.1. The second-order valence-electron chi connectivity index (χ2n) is 8.30. The minimum atomic E-state index is -0.457. The molecule has 3 heterocycles. The van der Waals surface area contributed by atoms with Crippen molar-refractivity contribution in [1.29, 1.82) is 0 Å². The molecule has 0 spiro atoms. The Morgan fingerprint density at radius 2 is 1.90 bits per heavy atom. The summed E-state index contributed by atoms with van der Waals surface area (Å²) in [5.41, 5.74) is 1.65. The Labute approximate surface area is 181 Å². The summed E-state index contributed by atoms with van der Waals surface area (Å²) in [5.74, 6) is 0.334. The van der Waals surface area contributed by atoms with Crippen molar-refractivity contribution in [2.45, 2.75) is 26.3 Å². The smallest absolute Gasteiger partial charge is 0.329 e. The second-order valence-corrected chi connectivity index (χ2v) is 8.30. The molecule has 166 valence electrons. The molecule has 2 saturated heterocycles. The maximum Gasteiger partial charge on any atom is 0.329 e. The number of benzene rings is 1. The summed E-state index contributed by atoms with van der Waals surface area (Å²) in [7, 11) is 1.81. The third kappa shape index (κ3) is 4.34. The molecule has 4 amide bonds. The van der Waals surface area contributed by atoms with Gasteiger partial charge in [0.25, 0.3) is 0 Å². The van der Waals surface area contributed by atoms with Gasteiger partial charge < -0.3 is 10.2 Å². The molecule has 10 heteroatoms. The van der Waals surface area contributed by atoms with E-state index in [-0.39, 0.29) is 24.8 Å².